The third-order valence-corrected chi connectivity index (χ3v) is 17.2. The first-order valence-corrected chi connectivity index (χ1v) is 35.3. The third kappa shape index (κ3) is 25.8. The van der Waals surface area contributed by atoms with Gasteiger partial charge in [0.05, 0.1) is 11.4 Å². The summed E-state index contributed by atoms with van der Waals surface area (Å²) >= 11 is 10.2. The fraction of sp³-hybridized carbons (Fsp3) is 0.0222. The van der Waals surface area contributed by atoms with Gasteiger partial charge in [0.1, 0.15) is 17.9 Å². The van der Waals surface area contributed by atoms with Crippen LogP contribution in [0.25, 0.3) is 73.1 Å². The number of aromatic nitrogens is 2. The number of aldehydes is 1. The van der Waals surface area contributed by atoms with Crippen molar-refractivity contribution in [3.63, 3.8) is 0 Å². The van der Waals surface area contributed by atoms with Crippen molar-refractivity contribution in [3.8, 4) is 67.0 Å². The average Bonchev–Trinajstić information content (AvgIpc) is 0.799. The summed E-state index contributed by atoms with van der Waals surface area (Å²) in [4.78, 5) is 50.2. The van der Waals surface area contributed by atoms with Crippen molar-refractivity contribution >= 4 is 90.1 Å². The maximum atomic E-state index is 12.5. The highest BCUT2D eigenvalue weighted by Crippen LogP contribution is 2.33. The topological polar surface area (TPSA) is 126 Å². The molecule has 0 radical (unpaired) electrons. The summed E-state index contributed by atoms with van der Waals surface area (Å²) in [5.41, 5.74) is 17.0. The maximum Gasteiger partial charge on any atom is 0.491 e. The van der Waals surface area contributed by atoms with Crippen LogP contribution in [0.5, 0.6) is 0 Å². The molecule has 0 fully saturated rings. The number of halogens is 6. The third-order valence-electron chi connectivity index (χ3n) is 15.7. The number of hydrogen-bond donors (Lipinski definition) is 2. The maximum absolute atomic E-state index is 12.5. The van der Waals surface area contributed by atoms with E-state index in [9.17, 15) is 28.0 Å². The molecule has 2 aromatic heterocycles. The zero-order valence-electron chi connectivity index (χ0n) is 56.8. The van der Waals surface area contributed by atoms with Crippen molar-refractivity contribution in [2.24, 2.45) is 0 Å². The SMILES string of the molecule is Brc1cccc(-c2cc(-c3ccc(-c4ccccc4)cc3)cc(-c3ccccc3)n2)c1.CC(=O)c1cccc(Br)c1.O=C(/C=C/c1ccc(-c2ccccc2)cc1)c1cccc(Br)c1.O=C(C[n+]1ccccc1)c1ccccc1.O=Cc1ccc(-c2ccccc2)cc1.OB(O)c1cc(F)ccc1F.[Br-]. The molecule has 14 rings (SSSR count). The van der Waals surface area contributed by atoms with Gasteiger partial charge in [-0.2, -0.15) is 4.57 Å². The lowest BCUT2D eigenvalue weighted by Gasteiger charge is -2.11. The van der Waals surface area contributed by atoms with E-state index in [0.717, 1.165) is 88.2 Å². The van der Waals surface area contributed by atoms with Crippen LogP contribution in [0.2, 0.25) is 0 Å². The van der Waals surface area contributed by atoms with Gasteiger partial charge in [0.2, 0.25) is 12.3 Å². The summed E-state index contributed by atoms with van der Waals surface area (Å²) in [6.45, 7) is 1.95. The highest BCUT2D eigenvalue weighted by Gasteiger charge is 2.17. The highest BCUT2D eigenvalue weighted by molar-refractivity contribution is 9.11. The highest BCUT2D eigenvalue weighted by atomic mass is 79.9. The minimum atomic E-state index is -1.97. The van der Waals surface area contributed by atoms with Gasteiger partial charge >= 0.3 is 7.12 Å². The molecule has 0 atom stereocenters. The Morgan fingerprint density at radius 2 is 0.781 bits per heavy atom. The van der Waals surface area contributed by atoms with E-state index in [1.165, 1.54) is 33.4 Å². The second-order valence-electron chi connectivity index (χ2n) is 23.2. The Labute approximate surface area is 647 Å². The summed E-state index contributed by atoms with van der Waals surface area (Å²) in [6, 6.07) is 111. The molecule has 14 aromatic rings. The molecule has 15 heteroatoms. The number of ketones is 3. The molecule has 105 heavy (non-hydrogen) atoms. The minimum absolute atomic E-state index is 0. The Hall–Kier alpha value is -10.9. The Bertz CT molecular complexity index is 5090. The fourth-order valence-electron chi connectivity index (χ4n) is 10.3. The number of hydrogen-bond acceptors (Lipinski definition) is 7. The second-order valence-corrected chi connectivity index (χ2v) is 25.9. The quantitative estimate of drug-likeness (QED) is 0.0344. The first-order valence-electron chi connectivity index (χ1n) is 32.9. The summed E-state index contributed by atoms with van der Waals surface area (Å²) in [5.74, 6) is -1.30. The standard InChI is InChI=1S/C29H20BrN.C21H15BrO.C13H12NO.C13H10O.C8H7BrO.C6H5BF2O2.BrH/c30-27-13-7-12-25(18-27)29-20-26(19-28(31-29)24-10-5-2-6-11-24)23-16-14-22(15-17-23)21-8-3-1-4-9-21;22-20-8-4-7-19(15-20)21(23)14-11-16-9-12-18(13-10-16)17-5-2-1-3-6-17;15-13(12-7-3-1-4-8-12)11-14-9-5-2-6-10-14;14-10-11-6-8-13(9-7-11)12-4-2-1-3-5-12;1-6(10)7-3-2-4-8(9)5-7;8-4-1-2-6(9)5(3-4)7(10)11;/h1-20H;1-15H;1-10H,11H2;1-10H;2-5H,1H3;1-3,10-11H;1H/q;;+1;;;;/p-1/b;14-11+;;;;;. The van der Waals surface area contributed by atoms with E-state index in [2.05, 4.69) is 181 Å². The number of benzene rings is 12. The Morgan fingerprint density at radius 1 is 0.400 bits per heavy atom. The van der Waals surface area contributed by atoms with Gasteiger partial charge in [-0.3, -0.25) is 19.2 Å². The van der Waals surface area contributed by atoms with Gasteiger partial charge in [-0.1, -0.05) is 321 Å². The Kier molecular flexibility index (Phi) is 32.0. The van der Waals surface area contributed by atoms with Gasteiger partial charge in [0, 0.05) is 64.4 Å². The van der Waals surface area contributed by atoms with Gasteiger partial charge < -0.3 is 27.0 Å². The zero-order chi connectivity index (χ0) is 73.4. The number of Topliss-reactive ketones (excluding diaryl/α,β-unsaturated/α-hetero) is 2. The number of carbonyl (C=O) groups excluding carboxylic acids is 4. The van der Waals surface area contributed by atoms with Crippen LogP contribution < -0.4 is 27.0 Å². The van der Waals surface area contributed by atoms with E-state index in [1.54, 1.807) is 19.1 Å². The van der Waals surface area contributed by atoms with E-state index in [0.29, 0.717) is 17.7 Å². The van der Waals surface area contributed by atoms with Crippen molar-refractivity contribution in [2.45, 2.75) is 13.5 Å². The fourth-order valence-corrected chi connectivity index (χ4v) is 11.5. The van der Waals surface area contributed by atoms with Gasteiger partial charge in [-0.05, 0) is 130 Å². The van der Waals surface area contributed by atoms with Crippen LogP contribution in [-0.2, 0) is 6.54 Å². The smallest absolute Gasteiger partial charge is 0.491 e. The minimum Gasteiger partial charge on any atom is -1.00 e. The van der Waals surface area contributed by atoms with E-state index < -0.39 is 24.2 Å². The van der Waals surface area contributed by atoms with Crippen LogP contribution in [0.3, 0.4) is 0 Å². The van der Waals surface area contributed by atoms with Gasteiger partial charge in [0.25, 0.3) is 0 Å². The van der Waals surface area contributed by atoms with E-state index in [4.69, 9.17) is 15.0 Å². The first-order chi connectivity index (χ1) is 50.5. The number of allylic oxidation sites excluding steroid dienone is 1. The summed E-state index contributed by atoms with van der Waals surface area (Å²) < 4.78 is 29.6. The molecule has 0 saturated heterocycles. The van der Waals surface area contributed by atoms with Crippen LogP contribution in [-0.4, -0.2) is 45.8 Å². The lowest BCUT2D eigenvalue weighted by Crippen LogP contribution is -3.00. The molecule has 0 amide bonds. The molecule has 520 valence electrons. The average molecular weight is 1640 g/mol. The van der Waals surface area contributed by atoms with Gasteiger partial charge in [-0.25, -0.2) is 13.8 Å². The molecule has 8 nitrogen and oxygen atoms in total. The molecule has 0 aliphatic carbocycles. The first kappa shape index (κ1) is 79.8. The van der Waals surface area contributed by atoms with Gasteiger partial charge in [-0.15, -0.1) is 0 Å². The van der Waals surface area contributed by atoms with E-state index >= 15 is 0 Å². The van der Waals surface area contributed by atoms with Crippen LogP contribution in [0.4, 0.5) is 8.78 Å². The normalized spacial score (nSPS) is 10.2. The van der Waals surface area contributed by atoms with Crippen molar-refractivity contribution in [1.82, 2.24) is 4.98 Å². The lowest BCUT2D eigenvalue weighted by molar-refractivity contribution is -0.683. The summed E-state index contributed by atoms with van der Waals surface area (Å²) in [6.07, 6.45) is 8.09. The molecule has 2 N–H and O–H groups in total. The molecule has 0 unspecified atom stereocenters. The van der Waals surface area contributed by atoms with Crippen molar-refractivity contribution in [2.75, 3.05) is 0 Å². The van der Waals surface area contributed by atoms with E-state index in [-0.39, 0.29) is 34.3 Å². The molecule has 0 aliphatic rings. The number of pyridine rings is 2. The molecular formula is C90H69BBr4F2N2O6. The predicted molar refractivity (Wildman–Crippen MR) is 428 cm³/mol. The van der Waals surface area contributed by atoms with Crippen molar-refractivity contribution in [3.05, 3.63) is 417 Å². The molecule has 0 bridgehead atoms. The summed E-state index contributed by atoms with van der Waals surface area (Å²) in [5, 5.41) is 17.0. The van der Waals surface area contributed by atoms with Crippen LogP contribution in [0.1, 0.15) is 53.9 Å². The molecule has 2 heterocycles. The number of carbonyl (C=O) groups is 4. The van der Waals surface area contributed by atoms with Crippen molar-refractivity contribution in [1.29, 1.82) is 0 Å². The Balaban J connectivity index is 0.000000167. The molecule has 0 aliphatic heterocycles. The number of nitrogens with zero attached hydrogens (tertiary/aromatic N) is 2. The van der Waals surface area contributed by atoms with Crippen LogP contribution >= 0.6 is 47.8 Å². The molecule has 12 aromatic carbocycles. The van der Waals surface area contributed by atoms with E-state index in [1.807, 2.05) is 211 Å². The Morgan fingerprint density at radius 3 is 1.23 bits per heavy atom. The summed E-state index contributed by atoms with van der Waals surface area (Å²) in [7, 11) is -1.97. The lowest BCUT2D eigenvalue weighted by atomic mass is 9.80. The van der Waals surface area contributed by atoms with Gasteiger partial charge in [0.15, 0.2) is 24.0 Å². The molecular weight excluding hydrogens is 1570 g/mol. The zero-order valence-corrected chi connectivity index (χ0v) is 63.1. The predicted octanol–water partition coefficient (Wildman–Crippen LogP) is 18.8. The molecule has 0 saturated carbocycles. The monoisotopic (exact) mass is 1640 g/mol. The van der Waals surface area contributed by atoms with Crippen molar-refractivity contribution < 1.29 is 59.6 Å². The van der Waals surface area contributed by atoms with Crippen LogP contribution in [0, 0.1) is 11.6 Å². The largest absolute Gasteiger partial charge is 1.00 e. The molecule has 0 spiro atoms. The second kappa shape index (κ2) is 42.0. The van der Waals surface area contributed by atoms with Crippen LogP contribution in [0.15, 0.2) is 378 Å². The number of rotatable bonds is 15.